The topological polar surface area (TPSA) is 124 Å². The van der Waals surface area contributed by atoms with E-state index in [-0.39, 0.29) is 33.2 Å². The first kappa shape index (κ1) is 20.3. The van der Waals surface area contributed by atoms with Crippen molar-refractivity contribution in [3.8, 4) is 0 Å². The zero-order valence-corrected chi connectivity index (χ0v) is 17.1. The molecule has 140 valence electrons. The lowest BCUT2D eigenvalue weighted by molar-refractivity contribution is -0.113. The van der Waals surface area contributed by atoms with Crippen molar-refractivity contribution in [3.63, 3.8) is 0 Å². The number of hydrogen-bond donors (Lipinski definition) is 2. The summed E-state index contributed by atoms with van der Waals surface area (Å²) in [5.41, 5.74) is 5.91. The van der Waals surface area contributed by atoms with Crippen LogP contribution >= 0.6 is 34.4 Å². The van der Waals surface area contributed by atoms with E-state index in [0.717, 1.165) is 16.3 Å². The average Bonchev–Trinajstić information content (AvgIpc) is 3.08. The Bertz CT molecular complexity index is 844. The number of carbonyl (C=O) groups is 3. The van der Waals surface area contributed by atoms with Gasteiger partial charge < -0.3 is 15.8 Å². The van der Waals surface area contributed by atoms with Crippen LogP contribution in [-0.2, 0) is 9.53 Å². The van der Waals surface area contributed by atoms with E-state index in [2.05, 4.69) is 15.5 Å². The van der Waals surface area contributed by atoms with Crippen molar-refractivity contribution >= 4 is 57.2 Å². The number of hydrogen-bond acceptors (Lipinski definition) is 9. The number of aromatic nitrogens is 2. The zero-order chi connectivity index (χ0) is 19.4. The predicted molar refractivity (Wildman–Crippen MR) is 102 cm³/mol. The molecule has 2 aromatic rings. The number of ether oxygens (including phenoxy) is 1. The summed E-state index contributed by atoms with van der Waals surface area (Å²) in [7, 11) is 0. The molecule has 0 aromatic carbocycles. The first-order valence-electron chi connectivity index (χ1n) is 7.56. The molecule has 8 nitrogen and oxygen atoms in total. The molecular weight excluding hydrogens is 396 g/mol. The van der Waals surface area contributed by atoms with E-state index in [1.165, 1.54) is 23.1 Å². The van der Waals surface area contributed by atoms with Gasteiger partial charge in [-0.1, -0.05) is 23.1 Å². The molecule has 0 radical (unpaired) electrons. The number of thioether (sulfide) groups is 1. The minimum absolute atomic E-state index is 0.0934. The largest absolute Gasteiger partial charge is 0.459 e. The van der Waals surface area contributed by atoms with Gasteiger partial charge in [0.1, 0.15) is 10.0 Å². The lowest BCUT2D eigenvalue weighted by Crippen LogP contribution is -2.18. The van der Waals surface area contributed by atoms with E-state index in [9.17, 15) is 14.4 Å². The molecule has 11 heteroatoms. The summed E-state index contributed by atoms with van der Waals surface area (Å²) in [5.74, 6) is -1.51. The number of thiophene rings is 1. The Labute approximate surface area is 162 Å². The fourth-order valence-electron chi connectivity index (χ4n) is 1.98. The van der Waals surface area contributed by atoms with Gasteiger partial charge in [0.05, 0.1) is 22.3 Å². The smallest absolute Gasteiger partial charge is 0.341 e. The highest BCUT2D eigenvalue weighted by molar-refractivity contribution is 8.01. The third kappa shape index (κ3) is 5.02. The summed E-state index contributed by atoms with van der Waals surface area (Å²) in [6.45, 7) is 6.86. The normalized spacial score (nSPS) is 10.8. The van der Waals surface area contributed by atoms with Gasteiger partial charge in [0, 0.05) is 0 Å². The fourth-order valence-corrected chi connectivity index (χ4v) is 4.66. The molecule has 26 heavy (non-hydrogen) atoms. The summed E-state index contributed by atoms with van der Waals surface area (Å²) >= 11 is 3.59. The average molecular weight is 415 g/mol. The van der Waals surface area contributed by atoms with Crippen LogP contribution in [0, 0.1) is 13.8 Å². The maximum Gasteiger partial charge on any atom is 0.341 e. The molecule has 0 aliphatic rings. The van der Waals surface area contributed by atoms with Crippen LogP contribution in [0.2, 0.25) is 0 Å². The number of nitrogens with zero attached hydrogens (tertiary/aromatic N) is 2. The number of anilines is 1. The van der Waals surface area contributed by atoms with E-state index in [1.807, 2.05) is 6.92 Å². The molecule has 0 atom stereocenters. The highest BCUT2D eigenvalue weighted by Gasteiger charge is 2.26. The zero-order valence-electron chi connectivity index (χ0n) is 14.6. The molecule has 0 aliphatic heterocycles. The quantitative estimate of drug-likeness (QED) is 0.527. The van der Waals surface area contributed by atoms with Crippen molar-refractivity contribution < 1.29 is 19.1 Å². The summed E-state index contributed by atoms with van der Waals surface area (Å²) < 4.78 is 5.88. The maximum atomic E-state index is 12.4. The lowest BCUT2D eigenvalue weighted by Gasteiger charge is -2.10. The van der Waals surface area contributed by atoms with E-state index >= 15 is 0 Å². The molecule has 0 fully saturated rings. The molecule has 2 rings (SSSR count). The van der Waals surface area contributed by atoms with Crippen LogP contribution in [0.3, 0.4) is 0 Å². The van der Waals surface area contributed by atoms with E-state index < -0.39 is 11.9 Å². The SMILES string of the molecule is Cc1nnc(SCC(=O)Nc2sc(C(N)=O)c(C)c2C(=O)OC(C)C)s1. The first-order valence-corrected chi connectivity index (χ1v) is 10.2. The van der Waals surface area contributed by atoms with Crippen LogP contribution in [0.1, 0.15) is 44.4 Å². The number of esters is 1. The fraction of sp³-hybridized carbons (Fsp3) is 0.400. The molecule has 0 saturated carbocycles. The molecule has 0 unspecified atom stereocenters. The Morgan fingerprint density at radius 2 is 1.92 bits per heavy atom. The van der Waals surface area contributed by atoms with Crippen LogP contribution in [-0.4, -0.2) is 39.8 Å². The monoisotopic (exact) mass is 414 g/mol. The standard InChI is InChI=1S/C15H18N4O4S3/c1-6(2)23-14(22)10-7(3)11(12(16)21)26-13(10)17-9(20)5-24-15-19-18-8(4)25-15/h6H,5H2,1-4H3,(H2,16,21)(H,17,20). The number of carbonyl (C=O) groups excluding carboxylic acids is 3. The second-order valence-electron chi connectivity index (χ2n) is 5.50. The Balaban J connectivity index is 2.18. The Morgan fingerprint density at radius 3 is 2.46 bits per heavy atom. The van der Waals surface area contributed by atoms with Crippen molar-refractivity contribution in [1.29, 1.82) is 0 Å². The van der Waals surface area contributed by atoms with Gasteiger partial charge in [0.25, 0.3) is 5.91 Å². The van der Waals surface area contributed by atoms with Gasteiger partial charge in [0.2, 0.25) is 5.91 Å². The molecule has 2 aromatic heterocycles. The predicted octanol–water partition coefficient (Wildman–Crippen LogP) is 2.61. The van der Waals surface area contributed by atoms with Crippen LogP contribution in [0.4, 0.5) is 5.00 Å². The van der Waals surface area contributed by atoms with Gasteiger partial charge >= 0.3 is 5.97 Å². The first-order chi connectivity index (χ1) is 12.2. The minimum Gasteiger partial charge on any atom is -0.459 e. The van der Waals surface area contributed by atoms with E-state index in [4.69, 9.17) is 10.5 Å². The Hall–Kier alpha value is -1.98. The molecule has 0 aliphatic carbocycles. The molecule has 0 spiro atoms. The van der Waals surface area contributed by atoms with Crippen LogP contribution < -0.4 is 11.1 Å². The van der Waals surface area contributed by atoms with Crippen LogP contribution in [0.5, 0.6) is 0 Å². The summed E-state index contributed by atoms with van der Waals surface area (Å²) in [5, 5.41) is 11.5. The van der Waals surface area contributed by atoms with Gasteiger partial charge in [-0.05, 0) is 33.3 Å². The van der Waals surface area contributed by atoms with Gasteiger partial charge in [0.15, 0.2) is 4.34 Å². The minimum atomic E-state index is -0.662. The third-order valence-electron chi connectivity index (χ3n) is 3.00. The highest BCUT2D eigenvalue weighted by atomic mass is 32.2. The van der Waals surface area contributed by atoms with Gasteiger partial charge in [-0.3, -0.25) is 9.59 Å². The van der Waals surface area contributed by atoms with Crippen LogP contribution in [0.25, 0.3) is 0 Å². The van der Waals surface area contributed by atoms with Crippen molar-refractivity contribution in [2.24, 2.45) is 5.73 Å². The molecular formula is C15H18N4O4S3. The number of amides is 2. The van der Waals surface area contributed by atoms with Crippen molar-refractivity contribution in [2.75, 3.05) is 11.1 Å². The number of rotatable bonds is 7. The maximum absolute atomic E-state index is 12.4. The highest BCUT2D eigenvalue weighted by Crippen LogP contribution is 2.34. The summed E-state index contributed by atoms with van der Waals surface area (Å²) in [6.07, 6.45) is -0.335. The molecule has 3 N–H and O–H groups in total. The summed E-state index contributed by atoms with van der Waals surface area (Å²) in [4.78, 5) is 36.4. The Kier molecular flexibility index (Phi) is 6.73. The Morgan fingerprint density at radius 1 is 1.23 bits per heavy atom. The van der Waals surface area contributed by atoms with E-state index in [0.29, 0.717) is 9.90 Å². The van der Waals surface area contributed by atoms with Crippen molar-refractivity contribution in [2.45, 2.75) is 38.1 Å². The molecule has 0 bridgehead atoms. The summed E-state index contributed by atoms with van der Waals surface area (Å²) in [6, 6.07) is 0. The third-order valence-corrected chi connectivity index (χ3v) is 6.20. The van der Waals surface area contributed by atoms with Gasteiger partial charge in [-0.15, -0.1) is 21.5 Å². The molecule has 2 heterocycles. The van der Waals surface area contributed by atoms with Crippen molar-refractivity contribution in [3.05, 3.63) is 21.0 Å². The number of nitrogens with two attached hydrogens (primary N) is 1. The van der Waals surface area contributed by atoms with Crippen molar-refractivity contribution in [1.82, 2.24) is 10.2 Å². The van der Waals surface area contributed by atoms with Crippen LogP contribution in [0.15, 0.2) is 4.34 Å². The lowest BCUT2D eigenvalue weighted by atomic mass is 10.1. The number of aryl methyl sites for hydroxylation is 1. The van der Waals surface area contributed by atoms with Gasteiger partial charge in [-0.25, -0.2) is 4.79 Å². The second kappa shape index (κ2) is 8.60. The van der Waals surface area contributed by atoms with Gasteiger partial charge in [-0.2, -0.15) is 0 Å². The molecule has 0 saturated heterocycles. The molecule has 2 amide bonds. The second-order valence-corrected chi connectivity index (χ2v) is 8.93. The number of primary amides is 1. The van der Waals surface area contributed by atoms with E-state index in [1.54, 1.807) is 20.8 Å². The number of nitrogens with one attached hydrogen (secondary N) is 1.